The molecule has 116 valence electrons. The molecule has 2 unspecified atom stereocenters. The average molecular weight is 291 g/mol. The lowest BCUT2D eigenvalue weighted by Crippen LogP contribution is -2.51. The Balaban J connectivity index is 2.07. The Morgan fingerprint density at radius 1 is 1.48 bits per heavy atom. The molecule has 0 saturated carbocycles. The highest BCUT2D eigenvalue weighted by Gasteiger charge is 2.30. The minimum atomic E-state index is -0.000887. The van der Waals surface area contributed by atoms with E-state index < -0.39 is 0 Å². The Labute approximate surface area is 126 Å². The summed E-state index contributed by atoms with van der Waals surface area (Å²) in [6.07, 6.45) is 3.77. The van der Waals surface area contributed by atoms with Crippen LogP contribution in [0.2, 0.25) is 0 Å². The van der Waals surface area contributed by atoms with Gasteiger partial charge in [-0.25, -0.2) is 4.98 Å². The van der Waals surface area contributed by atoms with Crippen LogP contribution in [0.5, 0.6) is 0 Å². The standard InChI is InChI=1S/C16H25N3O2/c1-4-8-17-13-6-7-15(18-9-13)16(20)19-10-12(3)21-11-14(19)5-2/h6-7,9,12,14,17H,4-5,8,10-11H2,1-3H3. The van der Waals surface area contributed by atoms with Crippen molar-refractivity contribution in [1.82, 2.24) is 9.88 Å². The van der Waals surface area contributed by atoms with Gasteiger partial charge in [-0.05, 0) is 31.9 Å². The lowest BCUT2D eigenvalue weighted by molar-refractivity contribution is -0.0445. The van der Waals surface area contributed by atoms with Crippen LogP contribution in [-0.2, 0) is 4.74 Å². The van der Waals surface area contributed by atoms with Crippen LogP contribution >= 0.6 is 0 Å². The van der Waals surface area contributed by atoms with Gasteiger partial charge < -0.3 is 15.0 Å². The molecule has 0 spiro atoms. The second-order valence-electron chi connectivity index (χ2n) is 5.52. The maximum Gasteiger partial charge on any atom is 0.272 e. The summed E-state index contributed by atoms with van der Waals surface area (Å²) in [5.74, 6) is -0.000887. The third-order valence-corrected chi connectivity index (χ3v) is 3.76. The Hall–Kier alpha value is -1.62. The topological polar surface area (TPSA) is 54.5 Å². The van der Waals surface area contributed by atoms with Gasteiger partial charge in [0.2, 0.25) is 0 Å². The monoisotopic (exact) mass is 291 g/mol. The van der Waals surface area contributed by atoms with Crippen molar-refractivity contribution >= 4 is 11.6 Å². The van der Waals surface area contributed by atoms with Crippen LogP contribution in [0.25, 0.3) is 0 Å². The first kappa shape index (κ1) is 15.8. The van der Waals surface area contributed by atoms with E-state index in [1.54, 1.807) is 12.3 Å². The molecule has 2 rings (SSSR count). The van der Waals surface area contributed by atoms with Crippen LogP contribution in [0.3, 0.4) is 0 Å². The SMILES string of the molecule is CCCNc1ccc(C(=O)N2CC(C)OCC2CC)nc1. The molecule has 1 aliphatic rings. The van der Waals surface area contributed by atoms with Crippen LogP contribution in [0.15, 0.2) is 18.3 Å². The van der Waals surface area contributed by atoms with Crippen LogP contribution in [0.1, 0.15) is 44.1 Å². The zero-order valence-corrected chi connectivity index (χ0v) is 13.1. The van der Waals surface area contributed by atoms with Crippen LogP contribution < -0.4 is 5.32 Å². The van der Waals surface area contributed by atoms with Crippen LogP contribution in [-0.4, -0.2) is 47.6 Å². The highest BCUT2D eigenvalue weighted by molar-refractivity contribution is 5.92. The Kier molecular flexibility index (Phi) is 5.56. The quantitative estimate of drug-likeness (QED) is 0.906. The molecule has 2 heterocycles. The lowest BCUT2D eigenvalue weighted by atomic mass is 10.1. The van der Waals surface area contributed by atoms with E-state index in [9.17, 15) is 4.79 Å². The van der Waals surface area contributed by atoms with E-state index >= 15 is 0 Å². The normalized spacial score (nSPS) is 22.1. The molecule has 5 nitrogen and oxygen atoms in total. The van der Waals surface area contributed by atoms with E-state index in [1.807, 2.05) is 17.9 Å². The summed E-state index contributed by atoms with van der Waals surface area (Å²) in [5, 5.41) is 3.26. The van der Waals surface area contributed by atoms with Gasteiger partial charge in [-0.2, -0.15) is 0 Å². The second-order valence-corrected chi connectivity index (χ2v) is 5.52. The van der Waals surface area contributed by atoms with Gasteiger partial charge in [0, 0.05) is 13.1 Å². The minimum absolute atomic E-state index is 0.000887. The molecular weight excluding hydrogens is 266 g/mol. The number of amides is 1. The third kappa shape index (κ3) is 3.94. The predicted octanol–water partition coefficient (Wildman–Crippen LogP) is 2.54. The van der Waals surface area contributed by atoms with E-state index in [1.165, 1.54) is 0 Å². The zero-order chi connectivity index (χ0) is 15.2. The van der Waals surface area contributed by atoms with E-state index in [-0.39, 0.29) is 18.1 Å². The number of nitrogens with zero attached hydrogens (tertiary/aromatic N) is 2. The first-order chi connectivity index (χ1) is 10.2. The molecule has 1 aliphatic heterocycles. The number of ether oxygens (including phenoxy) is 1. The summed E-state index contributed by atoms with van der Waals surface area (Å²) in [5.41, 5.74) is 1.46. The Morgan fingerprint density at radius 3 is 2.90 bits per heavy atom. The van der Waals surface area contributed by atoms with Crippen molar-refractivity contribution in [2.75, 3.05) is 25.0 Å². The van der Waals surface area contributed by atoms with Gasteiger partial charge in [-0.1, -0.05) is 13.8 Å². The first-order valence-corrected chi connectivity index (χ1v) is 7.78. The van der Waals surface area contributed by atoms with E-state index in [2.05, 4.69) is 24.1 Å². The molecule has 2 atom stereocenters. The number of morpholine rings is 1. The largest absolute Gasteiger partial charge is 0.384 e. The minimum Gasteiger partial charge on any atom is -0.384 e. The summed E-state index contributed by atoms with van der Waals surface area (Å²) < 4.78 is 5.64. The summed E-state index contributed by atoms with van der Waals surface area (Å²) in [4.78, 5) is 18.8. The van der Waals surface area contributed by atoms with Crippen LogP contribution in [0.4, 0.5) is 5.69 Å². The smallest absolute Gasteiger partial charge is 0.272 e. The van der Waals surface area contributed by atoms with Crippen LogP contribution in [0, 0.1) is 0 Å². The van der Waals surface area contributed by atoms with Gasteiger partial charge in [0.1, 0.15) is 5.69 Å². The van der Waals surface area contributed by atoms with Gasteiger partial charge in [-0.15, -0.1) is 0 Å². The molecular formula is C16H25N3O2. The molecule has 0 radical (unpaired) electrons. The summed E-state index contributed by atoms with van der Waals surface area (Å²) in [7, 11) is 0. The lowest BCUT2D eigenvalue weighted by Gasteiger charge is -2.38. The van der Waals surface area contributed by atoms with Gasteiger partial charge in [-0.3, -0.25) is 4.79 Å². The highest BCUT2D eigenvalue weighted by atomic mass is 16.5. The number of aromatic nitrogens is 1. The molecule has 1 N–H and O–H groups in total. The van der Waals surface area contributed by atoms with Crippen molar-refractivity contribution in [1.29, 1.82) is 0 Å². The highest BCUT2D eigenvalue weighted by Crippen LogP contribution is 2.17. The molecule has 1 aromatic rings. The zero-order valence-electron chi connectivity index (χ0n) is 13.1. The summed E-state index contributed by atoms with van der Waals surface area (Å²) in [6, 6.07) is 3.86. The number of carbonyl (C=O) groups excluding carboxylic acids is 1. The van der Waals surface area contributed by atoms with Gasteiger partial charge >= 0.3 is 0 Å². The number of pyridine rings is 1. The maximum absolute atomic E-state index is 12.6. The van der Waals surface area contributed by atoms with Crippen molar-refractivity contribution in [3.8, 4) is 0 Å². The number of hydrogen-bond acceptors (Lipinski definition) is 4. The molecule has 1 fully saturated rings. The van der Waals surface area contributed by atoms with Crippen molar-refractivity contribution in [3.05, 3.63) is 24.0 Å². The summed E-state index contributed by atoms with van der Waals surface area (Å²) >= 11 is 0. The van der Waals surface area contributed by atoms with E-state index in [4.69, 9.17) is 4.74 Å². The molecule has 0 aromatic carbocycles. The molecule has 1 saturated heterocycles. The number of carbonyl (C=O) groups is 1. The molecule has 5 heteroatoms. The fourth-order valence-corrected chi connectivity index (χ4v) is 2.47. The van der Waals surface area contributed by atoms with Crippen molar-refractivity contribution in [2.45, 2.75) is 45.8 Å². The maximum atomic E-state index is 12.6. The fourth-order valence-electron chi connectivity index (χ4n) is 2.47. The fraction of sp³-hybridized carbons (Fsp3) is 0.625. The second kappa shape index (κ2) is 7.41. The predicted molar refractivity (Wildman–Crippen MR) is 83.5 cm³/mol. The first-order valence-electron chi connectivity index (χ1n) is 7.78. The van der Waals surface area contributed by atoms with E-state index in [0.29, 0.717) is 18.8 Å². The average Bonchev–Trinajstić information content (AvgIpc) is 2.52. The van der Waals surface area contributed by atoms with Gasteiger partial charge in [0.25, 0.3) is 5.91 Å². The van der Waals surface area contributed by atoms with Gasteiger partial charge in [0.15, 0.2) is 0 Å². The van der Waals surface area contributed by atoms with Gasteiger partial charge in [0.05, 0.1) is 30.6 Å². The Bertz CT molecular complexity index is 461. The number of anilines is 1. The number of nitrogens with one attached hydrogen (secondary N) is 1. The van der Waals surface area contributed by atoms with Crippen molar-refractivity contribution in [3.63, 3.8) is 0 Å². The third-order valence-electron chi connectivity index (χ3n) is 3.76. The van der Waals surface area contributed by atoms with Crippen molar-refractivity contribution < 1.29 is 9.53 Å². The molecule has 1 amide bonds. The molecule has 21 heavy (non-hydrogen) atoms. The van der Waals surface area contributed by atoms with Crippen molar-refractivity contribution in [2.24, 2.45) is 0 Å². The Morgan fingerprint density at radius 2 is 2.29 bits per heavy atom. The number of rotatable bonds is 5. The molecule has 0 aliphatic carbocycles. The number of hydrogen-bond donors (Lipinski definition) is 1. The molecule has 1 aromatic heterocycles. The summed E-state index contributed by atoms with van der Waals surface area (Å²) in [6.45, 7) is 8.35. The molecule has 0 bridgehead atoms. The van der Waals surface area contributed by atoms with E-state index in [0.717, 1.165) is 25.1 Å².